The van der Waals surface area contributed by atoms with Gasteiger partial charge in [0.2, 0.25) is 6.79 Å². The summed E-state index contributed by atoms with van der Waals surface area (Å²) in [5.74, 6) is 1.49. The Morgan fingerprint density at radius 3 is 2.93 bits per heavy atom. The van der Waals surface area contributed by atoms with E-state index in [0.29, 0.717) is 24.3 Å². The van der Waals surface area contributed by atoms with Gasteiger partial charge in [0, 0.05) is 35.5 Å². The number of carbonyl (C=O) groups is 1. The van der Waals surface area contributed by atoms with E-state index < -0.39 is 0 Å². The Balaban J connectivity index is 1.64. The first kappa shape index (κ1) is 18.5. The van der Waals surface area contributed by atoms with Crippen molar-refractivity contribution in [3.8, 4) is 11.5 Å². The zero-order valence-corrected chi connectivity index (χ0v) is 16.8. The maximum atomic E-state index is 12.9. The lowest BCUT2D eigenvalue weighted by atomic mass is 9.85. The molecular formula is C21H22BrNO4. The van der Waals surface area contributed by atoms with Crippen LogP contribution in [-0.4, -0.2) is 36.2 Å². The molecule has 0 aromatic heterocycles. The Bertz CT molecular complexity index is 883. The van der Waals surface area contributed by atoms with Crippen LogP contribution in [-0.2, 0) is 24.2 Å². The lowest BCUT2D eigenvalue weighted by Crippen LogP contribution is -2.34. The van der Waals surface area contributed by atoms with Crippen molar-refractivity contribution in [2.24, 2.45) is 0 Å². The molecule has 2 aromatic rings. The second-order valence-corrected chi connectivity index (χ2v) is 7.93. The third kappa shape index (κ3) is 3.49. The molecular weight excluding hydrogens is 410 g/mol. The summed E-state index contributed by atoms with van der Waals surface area (Å²) in [6, 6.07) is 9.75. The standard InChI is InChI=1S/C21H22BrNO4/c1-23-7-6-14-9-19-21(27-12-26-19)16(11-24)20(14)18(23)10-15(25)8-13-4-2-3-5-17(13)22/h2-5,9,18,24H,6-8,10-12H2,1H3. The Hall–Kier alpha value is -1.89. The number of aliphatic hydroxyl groups excluding tert-OH is 1. The lowest BCUT2D eigenvalue weighted by Gasteiger charge is -2.36. The minimum absolute atomic E-state index is 0.0691. The molecule has 0 saturated heterocycles. The first-order valence-electron chi connectivity index (χ1n) is 9.09. The Labute approximate surface area is 167 Å². The fourth-order valence-electron chi connectivity index (χ4n) is 4.04. The van der Waals surface area contributed by atoms with E-state index in [1.807, 2.05) is 37.4 Å². The molecule has 0 saturated carbocycles. The second-order valence-electron chi connectivity index (χ2n) is 7.08. The highest BCUT2D eigenvalue weighted by Crippen LogP contribution is 2.45. The Morgan fingerprint density at radius 1 is 1.33 bits per heavy atom. The number of hydrogen-bond donors (Lipinski definition) is 1. The van der Waals surface area contributed by atoms with Crippen molar-refractivity contribution in [2.75, 3.05) is 20.4 Å². The molecule has 0 fully saturated rings. The molecule has 2 aromatic carbocycles. The van der Waals surface area contributed by atoms with Gasteiger partial charge in [0.25, 0.3) is 0 Å². The number of ether oxygens (including phenoxy) is 2. The highest BCUT2D eigenvalue weighted by atomic mass is 79.9. The summed E-state index contributed by atoms with van der Waals surface area (Å²) in [5.41, 5.74) is 3.91. The van der Waals surface area contributed by atoms with Crippen molar-refractivity contribution in [1.29, 1.82) is 0 Å². The SMILES string of the molecule is CN1CCc2cc3c(c(CO)c2C1CC(=O)Cc1ccccc1Br)OCO3. The summed E-state index contributed by atoms with van der Waals surface area (Å²) in [5, 5.41) is 10.0. The molecule has 1 unspecified atom stereocenters. The number of ketones is 1. The van der Waals surface area contributed by atoms with Gasteiger partial charge in [-0.3, -0.25) is 9.69 Å². The molecule has 1 atom stereocenters. The summed E-state index contributed by atoms with van der Waals surface area (Å²) < 4.78 is 12.1. The summed E-state index contributed by atoms with van der Waals surface area (Å²) in [7, 11) is 2.03. The number of hydrogen-bond acceptors (Lipinski definition) is 5. The molecule has 1 N–H and O–H groups in total. The highest BCUT2D eigenvalue weighted by molar-refractivity contribution is 9.10. The first-order chi connectivity index (χ1) is 13.1. The van der Waals surface area contributed by atoms with Gasteiger partial charge in [-0.05, 0) is 42.3 Å². The van der Waals surface area contributed by atoms with E-state index in [1.54, 1.807) is 0 Å². The largest absolute Gasteiger partial charge is 0.454 e. The van der Waals surface area contributed by atoms with Crippen molar-refractivity contribution < 1.29 is 19.4 Å². The summed E-state index contributed by atoms with van der Waals surface area (Å²) in [4.78, 5) is 15.1. The highest BCUT2D eigenvalue weighted by Gasteiger charge is 2.33. The monoisotopic (exact) mass is 431 g/mol. The molecule has 4 rings (SSSR count). The fraction of sp³-hybridized carbons (Fsp3) is 0.381. The van der Waals surface area contributed by atoms with E-state index >= 15 is 0 Å². The van der Waals surface area contributed by atoms with Gasteiger partial charge in [-0.1, -0.05) is 34.1 Å². The van der Waals surface area contributed by atoms with E-state index in [-0.39, 0.29) is 25.2 Å². The van der Waals surface area contributed by atoms with Gasteiger partial charge < -0.3 is 14.6 Å². The van der Waals surface area contributed by atoms with Gasteiger partial charge in [0.1, 0.15) is 5.78 Å². The van der Waals surface area contributed by atoms with Crippen molar-refractivity contribution in [1.82, 2.24) is 4.90 Å². The number of Topliss-reactive ketones (excluding diaryl/α,β-unsaturated/α-hetero) is 1. The van der Waals surface area contributed by atoms with E-state index in [9.17, 15) is 9.90 Å². The Morgan fingerprint density at radius 2 is 2.15 bits per heavy atom. The average molecular weight is 432 g/mol. The van der Waals surface area contributed by atoms with Crippen LogP contribution in [0.1, 0.15) is 34.7 Å². The van der Waals surface area contributed by atoms with Crippen LogP contribution in [0.4, 0.5) is 0 Å². The van der Waals surface area contributed by atoms with Crippen molar-refractivity contribution in [3.63, 3.8) is 0 Å². The van der Waals surface area contributed by atoms with Gasteiger partial charge >= 0.3 is 0 Å². The molecule has 0 bridgehead atoms. The van der Waals surface area contributed by atoms with Gasteiger partial charge in [-0.2, -0.15) is 0 Å². The molecule has 2 aliphatic rings. The predicted molar refractivity (Wildman–Crippen MR) is 105 cm³/mol. The summed E-state index contributed by atoms with van der Waals surface area (Å²) >= 11 is 3.52. The number of nitrogens with zero attached hydrogens (tertiary/aromatic N) is 1. The fourth-order valence-corrected chi connectivity index (χ4v) is 4.46. The number of halogens is 1. The lowest BCUT2D eigenvalue weighted by molar-refractivity contribution is -0.119. The zero-order valence-electron chi connectivity index (χ0n) is 15.2. The number of fused-ring (bicyclic) bond motifs is 2. The molecule has 0 amide bonds. The molecule has 2 heterocycles. The number of likely N-dealkylation sites (N-methyl/N-ethyl adjacent to an activating group) is 1. The molecule has 2 aliphatic heterocycles. The predicted octanol–water partition coefficient (Wildman–Crippen LogP) is 3.40. The quantitative estimate of drug-likeness (QED) is 0.785. The number of rotatable bonds is 5. The van der Waals surface area contributed by atoms with Crippen LogP contribution < -0.4 is 9.47 Å². The molecule has 0 radical (unpaired) electrons. The van der Waals surface area contributed by atoms with E-state index in [4.69, 9.17) is 9.47 Å². The summed E-state index contributed by atoms with van der Waals surface area (Å²) in [6.07, 6.45) is 1.65. The number of carbonyl (C=O) groups excluding carboxylic acids is 1. The Kier molecular flexibility index (Phi) is 5.21. The minimum Gasteiger partial charge on any atom is -0.454 e. The van der Waals surface area contributed by atoms with Crippen LogP contribution >= 0.6 is 15.9 Å². The topological polar surface area (TPSA) is 59.0 Å². The smallest absolute Gasteiger partial charge is 0.231 e. The van der Waals surface area contributed by atoms with Gasteiger partial charge in [0.15, 0.2) is 11.5 Å². The van der Waals surface area contributed by atoms with E-state index in [1.165, 1.54) is 0 Å². The van der Waals surface area contributed by atoms with Gasteiger partial charge in [-0.15, -0.1) is 0 Å². The number of benzene rings is 2. The molecule has 5 nitrogen and oxygen atoms in total. The van der Waals surface area contributed by atoms with Crippen molar-refractivity contribution in [2.45, 2.75) is 31.9 Å². The van der Waals surface area contributed by atoms with Crippen LogP contribution in [0, 0.1) is 0 Å². The average Bonchev–Trinajstić information content (AvgIpc) is 3.12. The molecule has 6 heteroatoms. The van der Waals surface area contributed by atoms with E-state index in [2.05, 4.69) is 20.8 Å². The molecule has 0 aliphatic carbocycles. The third-order valence-corrected chi connectivity index (χ3v) is 6.19. The van der Waals surface area contributed by atoms with Crippen LogP contribution in [0.15, 0.2) is 34.8 Å². The first-order valence-corrected chi connectivity index (χ1v) is 9.88. The number of aliphatic hydroxyl groups is 1. The van der Waals surface area contributed by atoms with Crippen molar-refractivity contribution >= 4 is 21.7 Å². The third-order valence-electron chi connectivity index (χ3n) is 5.42. The second kappa shape index (κ2) is 7.62. The van der Waals surface area contributed by atoms with Crippen LogP contribution in [0.5, 0.6) is 11.5 Å². The maximum absolute atomic E-state index is 12.9. The van der Waals surface area contributed by atoms with Crippen LogP contribution in [0.25, 0.3) is 0 Å². The normalized spacial score (nSPS) is 18.4. The molecule has 0 spiro atoms. The van der Waals surface area contributed by atoms with Crippen LogP contribution in [0.3, 0.4) is 0 Å². The van der Waals surface area contributed by atoms with Crippen LogP contribution in [0.2, 0.25) is 0 Å². The molecule has 142 valence electrons. The summed E-state index contributed by atoms with van der Waals surface area (Å²) in [6.45, 7) is 0.912. The molecule has 27 heavy (non-hydrogen) atoms. The van der Waals surface area contributed by atoms with Crippen molar-refractivity contribution in [3.05, 3.63) is 57.1 Å². The maximum Gasteiger partial charge on any atom is 0.231 e. The zero-order chi connectivity index (χ0) is 19.0. The minimum atomic E-state index is -0.127. The van der Waals surface area contributed by atoms with E-state index in [0.717, 1.165) is 39.7 Å². The van der Waals surface area contributed by atoms with Gasteiger partial charge in [0.05, 0.1) is 6.61 Å². The van der Waals surface area contributed by atoms with Gasteiger partial charge in [-0.25, -0.2) is 0 Å².